The summed E-state index contributed by atoms with van der Waals surface area (Å²) in [6, 6.07) is 10.6. The summed E-state index contributed by atoms with van der Waals surface area (Å²) >= 11 is 0. The number of rotatable bonds is 3. The van der Waals surface area contributed by atoms with E-state index in [9.17, 15) is 0 Å². The van der Waals surface area contributed by atoms with Crippen LogP contribution in [0.15, 0.2) is 36.7 Å². The molecule has 3 rings (SSSR count). The van der Waals surface area contributed by atoms with Crippen molar-refractivity contribution < 1.29 is 0 Å². The highest BCUT2D eigenvalue weighted by Crippen LogP contribution is 2.41. The molecule has 1 aliphatic rings. The Balaban J connectivity index is 2.00. The molecule has 1 atom stereocenters. The number of para-hydroxylation sites is 1. The molecule has 98 valence electrons. The molecule has 0 aliphatic carbocycles. The number of nitrogens with zero attached hydrogens (tertiary/aromatic N) is 3. The van der Waals surface area contributed by atoms with E-state index < -0.39 is 0 Å². The number of hydrogen-bond acceptors (Lipinski definition) is 4. The molecule has 4 nitrogen and oxygen atoms in total. The Labute approximate surface area is 113 Å². The SMILES string of the molecule is Cc1cc(N2CC(CCN)c3ccccc32)ncn1. The van der Waals surface area contributed by atoms with Gasteiger partial charge in [0.25, 0.3) is 0 Å². The monoisotopic (exact) mass is 254 g/mol. The van der Waals surface area contributed by atoms with Gasteiger partial charge in [-0.15, -0.1) is 0 Å². The van der Waals surface area contributed by atoms with E-state index in [2.05, 4.69) is 39.1 Å². The van der Waals surface area contributed by atoms with Crippen LogP contribution in [0.5, 0.6) is 0 Å². The summed E-state index contributed by atoms with van der Waals surface area (Å²) in [5, 5.41) is 0. The molecule has 2 N–H and O–H groups in total. The first-order chi connectivity index (χ1) is 9.29. The molecule has 2 aromatic rings. The Bertz CT molecular complexity index is 582. The highest BCUT2D eigenvalue weighted by Gasteiger charge is 2.29. The summed E-state index contributed by atoms with van der Waals surface area (Å²) in [7, 11) is 0. The molecule has 1 aromatic heterocycles. The Morgan fingerprint density at radius 1 is 1.32 bits per heavy atom. The van der Waals surface area contributed by atoms with Crippen LogP contribution < -0.4 is 10.6 Å². The molecule has 0 spiro atoms. The van der Waals surface area contributed by atoms with E-state index in [1.807, 2.05) is 13.0 Å². The minimum absolute atomic E-state index is 0.497. The second-order valence-electron chi connectivity index (χ2n) is 4.96. The fraction of sp³-hybridized carbons (Fsp3) is 0.333. The molecule has 4 heteroatoms. The third kappa shape index (κ3) is 2.19. The Hall–Kier alpha value is -1.94. The summed E-state index contributed by atoms with van der Waals surface area (Å²) in [5.41, 5.74) is 9.35. The third-order valence-corrected chi connectivity index (χ3v) is 3.65. The summed E-state index contributed by atoms with van der Waals surface area (Å²) in [6.45, 7) is 3.66. The average molecular weight is 254 g/mol. The molecule has 0 bridgehead atoms. The molecule has 19 heavy (non-hydrogen) atoms. The van der Waals surface area contributed by atoms with Crippen molar-refractivity contribution in [2.75, 3.05) is 18.0 Å². The zero-order chi connectivity index (χ0) is 13.2. The van der Waals surface area contributed by atoms with Gasteiger partial charge in [0.15, 0.2) is 0 Å². The molecule has 0 saturated carbocycles. The molecule has 0 radical (unpaired) electrons. The van der Waals surface area contributed by atoms with E-state index in [0.29, 0.717) is 5.92 Å². The van der Waals surface area contributed by atoms with E-state index in [1.54, 1.807) is 6.33 Å². The van der Waals surface area contributed by atoms with Crippen molar-refractivity contribution in [3.05, 3.63) is 47.9 Å². The first kappa shape index (κ1) is 12.1. The minimum Gasteiger partial charge on any atom is -0.330 e. The van der Waals surface area contributed by atoms with Crippen LogP contribution in [0.4, 0.5) is 11.5 Å². The number of benzene rings is 1. The van der Waals surface area contributed by atoms with E-state index >= 15 is 0 Å². The van der Waals surface area contributed by atoms with Crippen molar-refractivity contribution in [1.29, 1.82) is 0 Å². The van der Waals surface area contributed by atoms with Gasteiger partial charge in [-0.25, -0.2) is 9.97 Å². The molecule has 0 amide bonds. The molecule has 0 fully saturated rings. The lowest BCUT2D eigenvalue weighted by Gasteiger charge is -2.18. The largest absolute Gasteiger partial charge is 0.330 e. The standard InChI is InChI=1S/C15H18N4/c1-11-8-15(18-10-17-11)19-9-12(6-7-16)13-4-2-3-5-14(13)19/h2-5,8,10,12H,6-7,9,16H2,1H3. The fourth-order valence-corrected chi connectivity index (χ4v) is 2.75. The van der Waals surface area contributed by atoms with Crippen molar-refractivity contribution in [3.8, 4) is 0 Å². The molecular formula is C15H18N4. The number of anilines is 2. The van der Waals surface area contributed by atoms with Crippen LogP contribution in [0.1, 0.15) is 23.6 Å². The van der Waals surface area contributed by atoms with E-state index in [4.69, 9.17) is 5.73 Å². The van der Waals surface area contributed by atoms with Gasteiger partial charge in [0.05, 0.1) is 0 Å². The summed E-state index contributed by atoms with van der Waals surface area (Å²) < 4.78 is 0. The second kappa shape index (κ2) is 4.97. The quantitative estimate of drug-likeness (QED) is 0.913. The van der Waals surface area contributed by atoms with Crippen molar-refractivity contribution in [2.45, 2.75) is 19.3 Å². The zero-order valence-corrected chi connectivity index (χ0v) is 11.1. The lowest BCUT2D eigenvalue weighted by Crippen LogP contribution is -2.18. The lowest BCUT2D eigenvalue weighted by atomic mass is 9.98. The van der Waals surface area contributed by atoms with Crippen molar-refractivity contribution in [3.63, 3.8) is 0 Å². The normalized spacial score (nSPS) is 17.6. The molecule has 2 heterocycles. The number of fused-ring (bicyclic) bond motifs is 1. The first-order valence-electron chi connectivity index (χ1n) is 6.65. The number of hydrogen-bond donors (Lipinski definition) is 1. The van der Waals surface area contributed by atoms with Crippen molar-refractivity contribution in [1.82, 2.24) is 9.97 Å². The van der Waals surface area contributed by atoms with Gasteiger partial charge in [-0.2, -0.15) is 0 Å². The summed E-state index contributed by atoms with van der Waals surface area (Å²) in [5.74, 6) is 1.47. The number of aromatic nitrogens is 2. The second-order valence-corrected chi connectivity index (χ2v) is 4.96. The van der Waals surface area contributed by atoms with Crippen LogP contribution in [0.3, 0.4) is 0 Å². The van der Waals surface area contributed by atoms with Crippen LogP contribution in [0.2, 0.25) is 0 Å². The lowest BCUT2D eigenvalue weighted by molar-refractivity contribution is 0.667. The van der Waals surface area contributed by atoms with Gasteiger partial charge in [-0.1, -0.05) is 18.2 Å². The topological polar surface area (TPSA) is 55.0 Å². The van der Waals surface area contributed by atoms with Gasteiger partial charge >= 0.3 is 0 Å². The van der Waals surface area contributed by atoms with Gasteiger partial charge in [0.2, 0.25) is 0 Å². The minimum atomic E-state index is 0.497. The summed E-state index contributed by atoms with van der Waals surface area (Å²) in [4.78, 5) is 10.8. The Morgan fingerprint density at radius 3 is 2.95 bits per heavy atom. The van der Waals surface area contributed by atoms with Gasteiger partial charge in [-0.05, 0) is 31.5 Å². The molecule has 0 saturated heterocycles. The van der Waals surface area contributed by atoms with Crippen molar-refractivity contribution >= 4 is 11.5 Å². The maximum Gasteiger partial charge on any atom is 0.136 e. The fourth-order valence-electron chi connectivity index (χ4n) is 2.75. The third-order valence-electron chi connectivity index (χ3n) is 3.65. The van der Waals surface area contributed by atoms with Crippen molar-refractivity contribution in [2.24, 2.45) is 5.73 Å². The zero-order valence-electron chi connectivity index (χ0n) is 11.1. The van der Waals surface area contributed by atoms with Crippen LogP contribution in [0.25, 0.3) is 0 Å². The maximum absolute atomic E-state index is 5.73. The number of aryl methyl sites for hydroxylation is 1. The predicted molar refractivity (Wildman–Crippen MR) is 76.6 cm³/mol. The molecule has 1 unspecified atom stereocenters. The van der Waals surface area contributed by atoms with Gasteiger partial charge in [-0.3, -0.25) is 0 Å². The smallest absolute Gasteiger partial charge is 0.136 e. The van der Waals surface area contributed by atoms with E-state index in [1.165, 1.54) is 11.3 Å². The Morgan fingerprint density at radius 2 is 2.16 bits per heavy atom. The maximum atomic E-state index is 5.73. The van der Waals surface area contributed by atoms with Crippen LogP contribution in [-0.2, 0) is 0 Å². The van der Waals surface area contributed by atoms with Gasteiger partial charge < -0.3 is 10.6 Å². The van der Waals surface area contributed by atoms with Crippen LogP contribution >= 0.6 is 0 Å². The van der Waals surface area contributed by atoms with Gasteiger partial charge in [0, 0.05) is 29.9 Å². The van der Waals surface area contributed by atoms with E-state index in [0.717, 1.165) is 31.0 Å². The van der Waals surface area contributed by atoms with Crippen LogP contribution in [-0.4, -0.2) is 23.1 Å². The van der Waals surface area contributed by atoms with E-state index in [-0.39, 0.29) is 0 Å². The average Bonchev–Trinajstić information content (AvgIpc) is 2.79. The van der Waals surface area contributed by atoms with Crippen LogP contribution in [0, 0.1) is 6.92 Å². The molecule has 1 aliphatic heterocycles. The van der Waals surface area contributed by atoms with Gasteiger partial charge in [0.1, 0.15) is 12.1 Å². The first-order valence-corrected chi connectivity index (χ1v) is 6.65. The number of nitrogens with two attached hydrogens (primary N) is 1. The highest BCUT2D eigenvalue weighted by atomic mass is 15.2. The summed E-state index contributed by atoms with van der Waals surface area (Å²) in [6.07, 6.45) is 2.64. The Kier molecular flexibility index (Phi) is 3.17. The molecular weight excluding hydrogens is 236 g/mol. The molecule has 1 aromatic carbocycles. The predicted octanol–water partition coefficient (Wildman–Crippen LogP) is 2.37. The highest BCUT2D eigenvalue weighted by molar-refractivity contribution is 5.69.